The van der Waals surface area contributed by atoms with Crippen molar-refractivity contribution in [2.45, 2.75) is 6.92 Å². The van der Waals surface area contributed by atoms with Crippen molar-refractivity contribution in [1.82, 2.24) is 19.7 Å². The molecule has 0 aromatic carbocycles. The van der Waals surface area contributed by atoms with Gasteiger partial charge in [-0.2, -0.15) is 10.1 Å². The predicted octanol–water partition coefficient (Wildman–Crippen LogP) is 1.63. The Bertz CT molecular complexity index is 587. The second-order valence-corrected chi connectivity index (χ2v) is 3.54. The van der Waals surface area contributed by atoms with E-state index in [1.807, 2.05) is 0 Å². The fourth-order valence-electron chi connectivity index (χ4n) is 1.26. The molecule has 0 aliphatic heterocycles. The molecule has 0 atom stereocenters. The Labute approximate surface area is 106 Å². The molecule has 6 nitrogen and oxygen atoms in total. The highest BCUT2D eigenvalue weighted by molar-refractivity contribution is 6.28. The number of carbonyl (C=O) groups is 1. The van der Waals surface area contributed by atoms with Gasteiger partial charge in [-0.3, -0.25) is 0 Å². The van der Waals surface area contributed by atoms with Crippen LogP contribution < -0.4 is 0 Å². The standard InChI is InChI=1S/C10H8ClFN4O2/c1-2-18-9(17)6-3-14-16(5-6)8-7(12)4-13-10(11)15-8/h3-5H,2H2,1H3. The van der Waals surface area contributed by atoms with Gasteiger partial charge in [-0.05, 0) is 18.5 Å². The van der Waals surface area contributed by atoms with Gasteiger partial charge in [-0.25, -0.2) is 18.9 Å². The maximum absolute atomic E-state index is 13.5. The minimum absolute atomic E-state index is 0.111. The first-order valence-corrected chi connectivity index (χ1v) is 5.40. The number of esters is 1. The second kappa shape index (κ2) is 5.09. The minimum Gasteiger partial charge on any atom is -0.462 e. The zero-order valence-corrected chi connectivity index (χ0v) is 10.1. The Balaban J connectivity index is 2.35. The molecule has 8 heteroatoms. The second-order valence-electron chi connectivity index (χ2n) is 3.20. The highest BCUT2D eigenvalue weighted by Crippen LogP contribution is 2.12. The van der Waals surface area contributed by atoms with Crippen LogP contribution in [0.1, 0.15) is 17.3 Å². The lowest BCUT2D eigenvalue weighted by atomic mass is 10.4. The zero-order valence-electron chi connectivity index (χ0n) is 9.30. The van der Waals surface area contributed by atoms with Gasteiger partial charge in [0.1, 0.15) is 0 Å². The molecule has 0 radical (unpaired) electrons. The van der Waals surface area contributed by atoms with Gasteiger partial charge >= 0.3 is 5.97 Å². The van der Waals surface area contributed by atoms with Gasteiger partial charge in [0, 0.05) is 6.20 Å². The fraction of sp³-hybridized carbons (Fsp3) is 0.200. The van der Waals surface area contributed by atoms with Crippen LogP contribution >= 0.6 is 11.6 Å². The number of hydrogen-bond donors (Lipinski definition) is 0. The minimum atomic E-state index is -0.696. The Morgan fingerprint density at radius 3 is 3.06 bits per heavy atom. The van der Waals surface area contributed by atoms with Gasteiger partial charge < -0.3 is 4.74 Å². The normalized spacial score (nSPS) is 10.4. The number of ether oxygens (including phenoxy) is 1. The lowest BCUT2D eigenvalue weighted by molar-refractivity contribution is 0.0526. The number of halogens is 2. The number of aromatic nitrogens is 4. The Kier molecular flexibility index (Phi) is 3.52. The average molecular weight is 271 g/mol. The maximum atomic E-state index is 13.5. The summed E-state index contributed by atoms with van der Waals surface area (Å²) in [5, 5.41) is 3.71. The third-order valence-corrected chi connectivity index (χ3v) is 2.19. The summed E-state index contributed by atoms with van der Waals surface area (Å²) >= 11 is 5.56. The van der Waals surface area contributed by atoms with E-state index in [9.17, 15) is 9.18 Å². The number of carbonyl (C=O) groups excluding carboxylic acids is 1. The zero-order chi connectivity index (χ0) is 13.1. The molecule has 0 amide bonds. The van der Waals surface area contributed by atoms with Crippen LogP contribution in [0.4, 0.5) is 4.39 Å². The van der Waals surface area contributed by atoms with E-state index in [-0.39, 0.29) is 23.3 Å². The van der Waals surface area contributed by atoms with E-state index < -0.39 is 11.8 Å². The van der Waals surface area contributed by atoms with Crippen molar-refractivity contribution < 1.29 is 13.9 Å². The van der Waals surface area contributed by atoms with Gasteiger partial charge in [0.25, 0.3) is 0 Å². The molecule has 2 aromatic rings. The van der Waals surface area contributed by atoms with Gasteiger partial charge in [0.2, 0.25) is 5.28 Å². The molecule has 0 saturated heterocycles. The van der Waals surface area contributed by atoms with Crippen molar-refractivity contribution >= 4 is 17.6 Å². The summed E-state index contributed by atoms with van der Waals surface area (Å²) in [5.74, 6) is -1.37. The van der Waals surface area contributed by atoms with E-state index in [0.29, 0.717) is 0 Å². The quantitative estimate of drug-likeness (QED) is 0.626. The molecule has 2 heterocycles. The van der Waals surface area contributed by atoms with Gasteiger partial charge in [0.15, 0.2) is 11.6 Å². The van der Waals surface area contributed by atoms with Crippen LogP contribution in [0.25, 0.3) is 5.82 Å². The van der Waals surface area contributed by atoms with E-state index in [1.54, 1.807) is 6.92 Å². The van der Waals surface area contributed by atoms with E-state index in [0.717, 1.165) is 10.9 Å². The predicted molar refractivity (Wildman–Crippen MR) is 60.1 cm³/mol. The van der Waals surface area contributed by atoms with E-state index in [1.165, 1.54) is 12.4 Å². The summed E-state index contributed by atoms with van der Waals surface area (Å²) in [6, 6.07) is 0. The smallest absolute Gasteiger partial charge is 0.341 e. The highest BCUT2D eigenvalue weighted by Gasteiger charge is 2.14. The third kappa shape index (κ3) is 2.45. The van der Waals surface area contributed by atoms with Crippen LogP contribution in [0, 0.1) is 5.82 Å². The molecule has 0 unspecified atom stereocenters. The topological polar surface area (TPSA) is 69.9 Å². The maximum Gasteiger partial charge on any atom is 0.341 e. The van der Waals surface area contributed by atoms with Crippen molar-refractivity contribution in [3.63, 3.8) is 0 Å². The molecule has 18 heavy (non-hydrogen) atoms. The Morgan fingerprint density at radius 1 is 1.56 bits per heavy atom. The average Bonchev–Trinajstić information content (AvgIpc) is 2.82. The first kappa shape index (κ1) is 12.4. The summed E-state index contributed by atoms with van der Waals surface area (Å²) in [7, 11) is 0. The summed E-state index contributed by atoms with van der Waals surface area (Å²) in [6.07, 6.45) is 3.49. The SMILES string of the molecule is CCOC(=O)c1cnn(-c2nc(Cl)ncc2F)c1. The molecule has 2 rings (SSSR count). The van der Waals surface area contributed by atoms with E-state index in [2.05, 4.69) is 15.1 Å². The van der Waals surface area contributed by atoms with Gasteiger partial charge in [-0.15, -0.1) is 0 Å². The molecule has 0 aliphatic rings. The van der Waals surface area contributed by atoms with E-state index in [4.69, 9.17) is 16.3 Å². The molecule has 0 spiro atoms. The molecule has 2 aromatic heterocycles. The largest absolute Gasteiger partial charge is 0.462 e. The van der Waals surface area contributed by atoms with Crippen molar-refractivity contribution in [2.24, 2.45) is 0 Å². The Morgan fingerprint density at radius 2 is 2.33 bits per heavy atom. The van der Waals surface area contributed by atoms with Crippen molar-refractivity contribution in [3.8, 4) is 5.82 Å². The van der Waals surface area contributed by atoms with Crippen LogP contribution in [0.5, 0.6) is 0 Å². The first-order valence-electron chi connectivity index (χ1n) is 5.02. The van der Waals surface area contributed by atoms with Crippen LogP contribution in [0.2, 0.25) is 5.28 Å². The lowest BCUT2D eigenvalue weighted by Gasteiger charge is -2.01. The number of rotatable bonds is 3. The van der Waals surface area contributed by atoms with Crippen molar-refractivity contribution in [3.05, 3.63) is 35.3 Å². The van der Waals surface area contributed by atoms with Gasteiger partial charge in [0.05, 0.1) is 24.6 Å². The lowest BCUT2D eigenvalue weighted by Crippen LogP contribution is -2.05. The summed E-state index contributed by atoms with van der Waals surface area (Å²) in [4.78, 5) is 18.6. The molecular formula is C10H8ClFN4O2. The molecule has 0 N–H and O–H groups in total. The third-order valence-electron chi connectivity index (χ3n) is 2.01. The van der Waals surface area contributed by atoms with Crippen LogP contribution in [0.3, 0.4) is 0 Å². The molecule has 0 fully saturated rings. The van der Waals surface area contributed by atoms with Gasteiger partial charge in [-0.1, -0.05) is 0 Å². The van der Waals surface area contributed by atoms with Crippen molar-refractivity contribution in [2.75, 3.05) is 6.61 Å². The first-order chi connectivity index (χ1) is 8.61. The molecule has 94 valence electrons. The molecule has 0 saturated carbocycles. The Hall–Kier alpha value is -2.02. The molecule has 0 bridgehead atoms. The van der Waals surface area contributed by atoms with Crippen LogP contribution in [-0.4, -0.2) is 32.3 Å². The number of hydrogen-bond acceptors (Lipinski definition) is 5. The summed E-state index contributed by atoms with van der Waals surface area (Å²) in [5.41, 5.74) is 0.200. The summed E-state index contributed by atoms with van der Waals surface area (Å²) < 4.78 is 19.3. The van der Waals surface area contributed by atoms with Crippen LogP contribution in [-0.2, 0) is 4.74 Å². The van der Waals surface area contributed by atoms with Crippen LogP contribution in [0.15, 0.2) is 18.6 Å². The molecular weight excluding hydrogens is 263 g/mol. The number of nitrogens with zero attached hydrogens (tertiary/aromatic N) is 4. The highest BCUT2D eigenvalue weighted by atomic mass is 35.5. The fourth-order valence-corrected chi connectivity index (χ4v) is 1.39. The monoisotopic (exact) mass is 270 g/mol. The molecule has 0 aliphatic carbocycles. The van der Waals surface area contributed by atoms with E-state index >= 15 is 0 Å². The van der Waals surface area contributed by atoms with Crippen molar-refractivity contribution in [1.29, 1.82) is 0 Å². The summed E-state index contributed by atoms with van der Waals surface area (Å²) in [6.45, 7) is 1.93.